The van der Waals surface area contributed by atoms with Gasteiger partial charge in [-0.15, -0.1) is 0 Å². The van der Waals surface area contributed by atoms with Crippen molar-refractivity contribution < 1.29 is 9.53 Å². The average molecular weight is 392 g/mol. The Morgan fingerprint density at radius 1 is 0.633 bits per heavy atom. The third-order valence-electron chi connectivity index (χ3n) is 5.33. The van der Waals surface area contributed by atoms with Crippen LogP contribution >= 0.6 is 0 Å². The van der Waals surface area contributed by atoms with Crippen molar-refractivity contribution in [1.82, 2.24) is 0 Å². The third kappa shape index (κ3) is 4.33. The van der Waals surface area contributed by atoms with Crippen LogP contribution in [0.2, 0.25) is 0 Å². The summed E-state index contributed by atoms with van der Waals surface area (Å²) >= 11 is 0. The molecule has 2 nitrogen and oxygen atoms in total. The van der Waals surface area contributed by atoms with Crippen molar-refractivity contribution in [1.29, 1.82) is 0 Å². The van der Waals surface area contributed by atoms with Gasteiger partial charge in [0.05, 0.1) is 7.11 Å². The van der Waals surface area contributed by atoms with Gasteiger partial charge in [0.1, 0.15) is 0 Å². The highest BCUT2D eigenvalue weighted by molar-refractivity contribution is 5.85. The molecule has 4 aromatic carbocycles. The minimum Gasteiger partial charge on any atom is -0.469 e. The SMILES string of the molecule is COC(=O)CCc1c(-c2ccccc2)cc(-c2ccccc2)cc1-c1ccccc1. The maximum Gasteiger partial charge on any atom is 0.305 e. The molecule has 0 aliphatic carbocycles. The number of carbonyl (C=O) groups excluding carboxylic acids is 1. The molecule has 4 aromatic rings. The second-order valence-electron chi connectivity index (χ2n) is 7.22. The van der Waals surface area contributed by atoms with Gasteiger partial charge < -0.3 is 4.74 Å². The van der Waals surface area contributed by atoms with Crippen LogP contribution in [0.4, 0.5) is 0 Å². The molecule has 0 amide bonds. The molecule has 0 aliphatic rings. The number of benzene rings is 4. The van der Waals surface area contributed by atoms with Gasteiger partial charge in [-0.05, 0) is 57.5 Å². The van der Waals surface area contributed by atoms with E-state index in [0.717, 1.165) is 33.4 Å². The predicted molar refractivity (Wildman–Crippen MR) is 123 cm³/mol. The quantitative estimate of drug-likeness (QED) is 0.338. The van der Waals surface area contributed by atoms with E-state index in [1.807, 2.05) is 18.2 Å². The Labute approximate surface area is 177 Å². The van der Waals surface area contributed by atoms with Gasteiger partial charge in [0.15, 0.2) is 0 Å². The van der Waals surface area contributed by atoms with E-state index >= 15 is 0 Å². The molecule has 148 valence electrons. The first-order chi connectivity index (χ1) is 14.8. The molecule has 0 aromatic heterocycles. The summed E-state index contributed by atoms with van der Waals surface area (Å²) in [4.78, 5) is 11.9. The van der Waals surface area contributed by atoms with Gasteiger partial charge in [0, 0.05) is 6.42 Å². The van der Waals surface area contributed by atoms with Crippen LogP contribution in [0.15, 0.2) is 103 Å². The molecule has 0 saturated carbocycles. The average Bonchev–Trinajstić information content (AvgIpc) is 2.83. The summed E-state index contributed by atoms with van der Waals surface area (Å²) in [6, 6.07) is 35.7. The first-order valence-corrected chi connectivity index (χ1v) is 10.2. The van der Waals surface area contributed by atoms with Crippen molar-refractivity contribution in [2.75, 3.05) is 7.11 Å². The van der Waals surface area contributed by atoms with Crippen LogP contribution in [0.5, 0.6) is 0 Å². The van der Waals surface area contributed by atoms with Gasteiger partial charge in [0.2, 0.25) is 0 Å². The summed E-state index contributed by atoms with van der Waals surface area (Å²) in [6.45, 7) is 0. The molecular formula is C28H24O2. The number of carbonyl (C=O) groups is 1. The topological polar surface area (TPSA) is 26.3 Å². The van der Waals surface area contributed by atoms with E-state index in [4.69, 9.17) is 4.74 Å². The van der Waals surface area contributed by atoms with Crippen molar-refractivity contribution >= 4 is 5.97 Å². The molecule has 30 heavy (non-hydrogen) atoms. The molecule has 0 radical (unpaired) electrons. The Hall–Kier alpha value is -3.65. The standard InChI is InChI=1S/C28H24O2/c1-30-28(29)18-17-25-26(22-13-7-3-8-14-22)19-24(21-11-5-2-6-12-21)20-27(25)23-15-9-4-10-16-23/h2-16,19-20H,17-18H2,1H3. The largest absolute Gasteiger partial charge is 0.469 e. The highest BCUT2D eigenvalue weighted by Crippen LogP contribution is 2.38. The first kappa shape index (κ1) is 19.7. The number of methoxy groups -OCH3 is 1. The molecule has 2 heteroatoms. The van der Waals surface area contributed by atoms with E-state index in [1.54, 1.807) is 0 Å². The summed E-state index contributed by atoms with van der Waals surface area (Å²) in [5, 5.41) is 0. The van der Waals surface area contributed by atoms with Crippen LogP contribution in [0.25, 0.3) is 33.4 Å². The highest BCUT2D eigenvalue weighted by atomic mass is 16.5. The maximum absolute atomic E-state index is 11.9. The van der Waals surface area contributed by atoms with E-state index in [-0.39, 0.29) is 5.97 Å². The van der Waals surface area contributed by atoms with Gasteiger partial charge in [-0.2, -0.15) is 0 Å². The van der Waals surface area contributed by atoms with Crippen molar-refractivity contribution in [3.05, 3.63) is 109 Å². The Kier molecular flexibility index (Phi) is 6.05. The van der Waals surface area contributed by atoms with E-state index in [2.05, 4.69) is 84.9 Å². The minimum atomic E-state index is -0.194. The van der Waals surface area contributed by atoms with E-state index in [1.165, 1.54) is 12.7 Å². The molecule has 0 saturated heterocycles. The minimum absolute atomic E-state index is 0.194. The predicted octanol–water partition coefficient (Wildman–Crippen LogP) is 6.79. The molecule has 0 spiro atoms. The normalized spacial score (nSPS) is 10.6. The zero-order valence-corrected chi connectivity index (χ0v) is 17.0. The summed E-state index contributed by atoms with van der Waals surface area (Å²) in [5.41, 5.74) is 8.10. The van der Waals surface area contributed by atoms with E-state index < -0.39 is 0 Å². The number of ether oxygens (including phenoxy) is 1. The van der Waals surface area contributed by atoms with E-state index in [9.17, 15) is 4.79 Å². The molecule has 0 aliphatic heterocycles. The maximum atomic E-state index is 11.9. The van der Waals surface area contributed by atoms with Crippen molar-refractivity contribution in [3.8, 4) is 33.4 Å². The molecule has 0 heterocycles. The molecule has 0 N–H and O–H groups in total. The van der Waals surface area contributed by atoms with Crippen LogP contribution in [-0.2, 0) is 16.0 Å². The summed E-state index contributed by atoms with van der Waals surface area (Å²) in [6.07, 6.45) is 0.969. The second kappa shape index (κ2) is 9.23. The lowest BCUT2D eigenvalue weighted by Gasteiger charge is -2.18. The van der Waals surface area contributed by atoms with Crippen molar-refractivity contribution in [3.63, 3.8) is 0 Å². The summed E-state index contributed by atoms with van der Waals surface area (Å²) in [7, 11) is 1.44. The number of esters is 1. The third-order valence-corrected chi connectivity index (χ3v) is 5.33. The first-order valence-electron chi connectivity index (χ1n) is 10.2. The van der Waals surface area contributed by atoms with Crippen molar-refractivity contribution in [2.45, 2.75) is 12.8 Å². The number of rotatable bonds is 6. The summed E-state index contributed by atoms with van der Waals surface area (Å²) in [5.74, 6) is -0.194. The van der Waals surface area contributed by atoms with Crippen LogP contribution in [-0.4, -0.2) is 13.1 Å². The monoisotopic (exact) mass is 392 g/mol. The lowest BCUT2D eigenvalue weighted by molar-refractivity contribution is -0.140. The molecule has 0 atom stereocenters. The van der Waals surface area contributed by atoms with Crippen LogP contribution in [0, 0.1) is 0 Å². The Morgan fingerprint density at radius 3 is 1.50 bits per heavy atom. The summed E-state index contributed by atoms with van der Waals surface area (Å²) < 4.78 is 4.92. The van der Waals surface area contributed by atoms with Gasteiger partial charge >= 0.3 is 5.97 Å². The zero-order valence-electron chi connectivity index (χ0n) is 17.0. The molecule has 4 rings (SSSR count). The Morgan fingerprint density at radius 2 is 1.07 bits per heavy atom. The molecular weight excluding hydrogens is 368 g/mol. The molecule has 0 bridgehead atoms. The fraction of sp³-hybridized carbons (Fsp3) is 0.107. The highest BCUT2D eigenvalue weighted by Gasteiger charge is 2.16. The smallest absolute Gasteiger partial charge is 0.305 e. The van der Waals surface area contributed by atoms with Crippen molar-refractivity contribution in [2.24, 2.45) is 0 Å². The van der Waals surface area contributed by atoms with E-state index in [0.29, 0.717) is 12.8 Å². The van der Waals surface area contributed by atoms with Gasteiger partial charge in [-0.25, -0.2) is 0 Å². The van der Waals surface area contributed by atoms with Crippen LogP contribution in [0.1, 0.15) is 12.0 Å². The van der Waals surface area contributed by atoms with Crippen LogP contribution in [0.3, 0.4) is 0 Å². The lowest BCUT2D eigenvalue weighted by Crippen LogP contribution is -2.04. The second-order valence-corrected chi connectivity index (χ2v) is 7.22. The fourth-order valence-corrected chi connectivity index (χ4v) is 3.82. The number of hydrogen-bond acceptors (Lipinski definition) is 2. The van der Waals surface area contributed by atoms with Gasteiger partial charge in [-0.1, -0.05) is 91.0 Å². The molecule has 0 fully saturated rings. The number of hydrogen-bond donors (Lipinski definition) is 0. The van der Waals surface area contributed by atoms with Gasteiger partial charge in [-0.3, -0.25) is 4.79 Å². The van der Waals surface area contributed by atoms with Gasteiger partial charge in [0.25, 0.3) is 0 Å². The Bertz CT molecular complexity index is 1060. The Balaban J connectivity index is 1.96. The lowest BCUT2D eigenvalue weighted by atomic mass is 9.86. The zero-order chi connectivity index (χ0) is 20.8. The molecule has 0 unspecified atom stereocenters. The van der Waals surface area contributed by atoms with Crippen LogP contribution < -0.4 is 0 Å². The fourth-order valence-electron chi connectivity index (χ4n) is 3.82.